The summed E-state index contributed by atoms with van der Waals surface area (Å²) in [6.45, 7) is 4.28. The van der Waals surface area contributed by atoms with Crippen molar-refractivity contribution in [3.05, 3.63) is 74.2 Å². The molecular formula is C20H19Cl2N3OS. The van der Waals surface area contributed by atoms with Gasteiger partial charge in [-0.1, -0.05) is 29.3 Å². The molecule has 0 aliphatic heterocycles. The monoisotopic (exact) mass is 419 g/mol. The van der Waals surface area contributed by atoms with Crippen LogP contribution in [0.2, 0.25) is 10.0 Å². The number of nitrogens with one attached hydrogen (secondary N) is 2. The van der Waals surface area contributed by atoms with Crippen molar-refractivity contribution >= 4 is 51.3 Å². The first-order valence-electron chi connectivity index (χ1n) is 8.40. The Morgan fingerprint density at radius 3 is 2.70 bits per heavy atom. The zero-order valence-corrected chi connectivity index (χ0v) is 17.3. The minimum absolute atomic E-state index is 0.144. The van der Waals surface area contributed by atoms with E-state index in [1.165, 1.54) is 22.5 Å². The third-order valence-electron chi connectivity index (χ3n) is 4.13. The van der Waals surface area contributed by atoms with Crippen LogP contribution in [-0.2, 0) is 11.2 Å². The van der Waals surface area contributed by atoms with Gasteiger partial charge < -0.3 is 10.6 Å². The number of hydrogen-bond donors (Lipinski definition) is 2. The molecule has 0 unspecified atom stereocenters. The molecule has 0 spiro atoms. The molecule has 2 N–H and O–H groups in total. The number of rotatable bonds is 6. The molecule has 3 aromatic rings. The molecule has 0 radical (unpaired) electrons. The van der Waals surface area contributed by atoms with Crippen LogP contribution in [0.25, 0.3) is 0 Å². The van der Waals surface area contributed by atoms with E-state index in [4.69, 9.17) is 23.2 Å². The Balaban J connectivity index is 1.56. The molecule has 2 aromatic carbocycles. The molecule has 0 aliphatic rings. The van der Waals surface area contributed by atoms with Gasteiger partial charge in [0, 0.05) is 33.2 Å². The maximum atomic E-state index is 12.2. The van der Waals surface area contributed by atoms with Gasteiger partial charge in [-0.2, -0.15) is 0 Å². The molecule has 1 amide bonds. The first-order chi connectivity index (χ1) is 12.9. The van der Waals surface area contributed by atoms with Crippen molar-refractivity contribution in [2.24, 2.45) is 0 Å². The van der Waals surface area contributed by atoms with E-state index in [1.807, 2.05) is 31.2 Å². The Labute approximate surface area is 172 Å². The van der Waals surface area contributed by atoms with E-state index in [0.717, 1.165) is 16.1 Å². The van der Waals surface area contributed by atoms with Crippen molar-refractivity contribution in [3.63, 3.8) is 0 Å². The van der Waals surface area contributed by atoms with Crippen molar-refractivity contribution in [3.8, 4) is 0 Å². The van der Waals surface area contributed by atoms with Crippen molar-refractivity contribution < 1.29 is 4.79 Å². The third-order valence-corrected chi connectivity index (χ3v) is 5.65. The summed E-state index contributed by atoms with van der Waals surface area (Å²) in [5.74, 6) is -0.144. The normalized spacial score (nSPS) is 10.7. The van der Waals surface area contributed by atoms with Gasteiger partial charge >= 0.3 is 0 Å². The van der Waals surface area contributed by atoms with Crippen LogP contribution in [0.5, 0.6) is 0 Å². The summed E-state index contributed by atoms with van der Waals surface area (Å²) < 4.78 is 0. The zero-order valence-electron chi connectivity index (χ0n) is 15.0. The minimum atomic E-state index is -0.144. The number of nitrogens with zero attached hydrogens (tertiary/aromatic N) is 1. The molecule has 0 saturated heterocycles. The first-order valence-corrected chi connectivity index (χ1v) is 9.97. The average Bonchev–Trinajstić information content (AvgIpc) is 3.06. The highest BCUT2D eigenvalue weighted by atomic mass is 35.5. The van der Waals surface area contributed by atoms with Gasteiger partial charge in [0.25, 0.3) is 0 Å². The highest BCUT2D eigenvalue weighted by Crippen LogP contribution is 2.27. The van der Waals surface area contributed by atoms with Gasteiger partial charge in [-0.25, -0.2) is 4.98 Å². The predicted molar refractivity (Wildman–Crippen MR) is 114 cm³/mol. The van der Waals surface area contributed by atoms with Crippen LogP contribution >= 0.6 is 34.5 Å². The van der Waals surface area contributed by atoms with E-state index in [1.54, 1.807) is 18.3 Å². The molecule has 0 saturated carbocycles. The van der Waals surface area contributed by atoms with Gasteiger partial charge in [-0.3, -0.25) is 4.79 Å². The summed E-state index contributed by atoms with van der Waals surface area (Å²) in [4.78, 5) is 17.4. The number of aryl methyl sites for hydroxylation is 2. The highest BCUT2D eigenvalue weighted by Gasteiger charge is 2.09. The Hall–Kier alpha value is -2.08. The molecule has 0 aliphatic carbocycles. The van der Waals surface area contributed by atoms with Crippen molar-refractivity contribution in [2.45, 2.75) is 20.3 Å². The first kappa shape index (κ1) is 19.7. The molecular weight excluding hydrogens is 401 g/mol. The number of carbonyl (C=O) groups is 1. The number of thiazole rings is 1. The number of anilines is 2. The molecule has 0 atom stereocenters. The second-order valence-corrected chi connectivity index (χ2v) is 8.20. The molecule has 1 heterocycles. The topological polar surface area (TPSA) is 54.0 Å². The Bertz CT molecular complexity index is 972. The summed E-state index contributed by atoms with van der Waals surface area (Å²) in [6.07, 6.45) is 2.36. The number of benzene rings is 2. The number of hydrogen-bond acceptors (Lipinski definition) is 4. The van der Waals surface area contributed by atoms with E-state index in [-0.39, 0.29) is 12.5 Å². The standard InChI is InChI=1S/C20H19Cl2N3OS/c1-12-3-5-16(7-13(12)2)23-11-19(26)25-20-24-10-17(27-20)9-14-8-15(21)4-6-18(14)22/h3-8,10,23H,9,11H2,1-2H3,(H,24,25,26). The van der Waals surface area contributed by atoms with E-state index in [9.17, 15) is 4.79 Å². The van der Waals surface area contributed by atoms with Gasteiger partial charge in [0.15, 0.2) is 5.13 Å². The van der Waals surface area contributed by atoms with Crippen LogP contribution in [0, 0.1) is 13.8 Å². The summed E-state index contributed by atoms with van der Waals surface area (Å²) in [5.41, 5.74) is 4.26. The fourth-order valence-electron chi connectivity index (χ4n) is 2.51. The van der Waals surface area contributed by atoms with Crippen molar-refractivity contribution in [1.29, 1.82) is 0 Å². The lowest BCUT2D eigenvalue weighted by Crippen LogP contribution is -2.21. The molecule has 0 bridgehead atoms. The summed E-state index contributed by atoms with van der Waals surface area (Å²) in [5, 5.41) is 7.81. The molecule has 4 nitrogen and oxygen atoms in total. The smallest absolute Gasteiger partial charge is 0.245 e. The number of amides is 1. The number of aromatic nitrogens is 1. The van der Waals surface area contributed by atoms with Crippen molar-refractivity contribution in [1.82, 2.24) is 4.98 Å². The maximum absolute atomic E-state index is 12.2. The van der Waals surface area contributed by atoms with Crippen LogP contribution < -0.4 is 10.6 Å². The van der Waals surface area contributed by atoms with Gasteiger partial charge in [-0.15, -0.1) is 11.3 Å². The van der Waals surface area contributed by atoms with Gasteiger partial charge in [-0.05, 0) is 60.9 Å². The van der Waals surface area contributed by atoms with Gasteiger partial charge in [0.1, 0.15) is 0 Å². The zero-order chi connectivity index (χ0) is 19.4. The molecule has 140 valence electrons. The lowest BCUT2D eigenvalue weighted by atomic mass is 10.1. The lowest BCUT2D eigenvalue weighted by Gasteiger charge is -2.08. The van der Waals surface area contributed by atoms with Crippen LogP contribution in [0.3, 0.4) is 0 Å². The van der Waals surface area contributed by atoms with Crippen molar-refractivity contribution in [2.75, 3.05) is 17.2 Å². The molecule has 1 aromatic heterocycles. The highest BCUT2D eigenvalue weighted by molar-refractivity contribution is 7.15. The van der Waals surface area contributed by atoms with E-state index in [0.29, 0.717) is 21.6 Å². The molecule has 27 heavy (non-hydrogen) atoms. The minimum Gasteiger partial charge on any atom is -0.376 e. The van der Waals surface area contributed by atoms with Crippen LogP contribution in [0.15, 0.2) is 42.6 Å². The van der Waals surface area contributed by atoms with E-state index >= 15 is 0 Å². The van der Waals surface area contributed by atoms with Gasteiger partial charge in [0.05, 0.1) is 6.54 Å². The van der Waals surface area contributed by atoms with E-state index in [2.05, 4.69) is 22.5 Å². The number of halogens is 2. The Morgan fingerprint density at radius 1 is 1.11 bits per heavy atom. The fraction of sp³-hybridized carbons (Fsp3) is 0.200. The van der Waals surface area contributed by atoms with E-state index < -0.39 is 0 Å². The quantitative estimate of drug-likeness (QED) is 0.537. The third kappa shape index (κ3) is 5.45. The summed E-state index contributed by atoms with van der Waals surface area (Å²) in [7, 11) is 0. The van der Waals surface area contributed by atoms with Crippen LogP contribution in [-0.4, -0.2) is 17.4 Å². The lowest BCUT2D eigenvalue weighted by molar-refractivity contribution is -0.114. The Kier molecular flexibility index (Phi) is 6.37. The largest absolute Gasteiger partial charge is 0.376 e. The predicted octanol–water partition coefficient (Wildman–Crippen LogP) is 5.71. The summed E-state index contributed by atoms with van der Waals surface area (Å²) >= 11 is 13.7. The number of carbonyl (C=O) groups excluding carboxylic acids is 1. The molecule has 0 fully saturated rings. The fourth-order valence-corrected chi connectivity index (χ4v) is 3.74. The molecule has 3 rings (SSSR count). The second kappa shape index (κ2) is 8.74. The maximum Gasteiger partial charge on any atom is 0.245 e. The average molecular weight is 420 g/mol. The summed E-state index contributed by atoms with van der Waals surface area (Å²) in [6, 6.07) is 11.4. The van der Waals surface area contributed by atoms with Crippen LogP contribution in [0.4, 0.5) is 10.8 Å². The second-order valence-electron chi connectivity index (χ2n) is 6.25. The van der Waals surface area contributed by atoms with Gasteiger partial charge in [0.2, 0.25) is 5.91 Å². The van der Waals surface area contributed by atoms with Crippen LogP contribution in [0.1, 0.15) is 21.6 Å². The molecule has 7 heteroatoms. The Morgan fingerprint density at radius 2 is 1.93 bits per heavy atom. The SMILES string of the molecule is Cc1ccc(NCC(=O)Nc2ncc(Cc3cc(Cl)ccc3Cl)s2)cc1C.